The van der Waals surface area contributed by atoms with E-state index in [0.717, 1.165) is 48.8 Å². The van der Waals surface area contributed by atoms with Gasteiger partial charge in [0.2, 0.25) is 0 Å². The minimum atomic E-state index is 0.774. The number of hydrogen-bond acceptors (Lipinski definition) is 4. The van der Waals surface area contributed by atoms with Gasteiger partial charge in [0.1, 0.15) is 11.6 Å². The van der Waals surface area contributed by atoms with E-state index in [1.54, 1.807) is 0 Å². The average molecular weight is 302 g/mol. The Hall–Kier alpha value is -1.16. The highest BCUT2D eigenvalue weighted by Gasteiger charge is 2.20. The maximum Gasteiger partial charge on any atom is 0.144 e. The summed E-state index contributed by atoms with van der Waals surface area (Å²) in [5, 5.41) is 0. The number of anilines is 1. The molecule has 3 rings (SSSR count). The van der Waals surface area contributed by atoms with Gasteiger partial charge in [0.05, 0.1) is 6.54 Å². The lowest BCUT2D eigenvalue weighted by atomic mass is 10.0. The van der Waals surface area contributed by atoms with Crippen LogP contribution in [0.15, 0.2) is 6.07 Å². The van der Waals surface area contributed by atoms with Crippen molar-refractivity contribution < 1.29 is 0 Å². The third-order valence-electron chi connectivity index (χ3n) is 4.97. The molecular weight excluding hydrogens is 272 g/mol. The van der Waals surface area contributed by atoms with Crippen LogP contribution in [-0.2, 0) is 6.54 Å². The summed E-state index contributed by atoms with van der Waals surface area (Å²) in [6.45, 7) is 12.4. The van der Waals surface area contributed by atoms with Crippen molar-refractivity contribution in [3.8, 4) is 0 Å². The lowest BCUT2D eigenvalue weighted by Crippen LogP contribution is -2.36. The predicted molar refractivity (Wildman–Crippen MR) is 91.1 cm³/mol. The molecule has 3 heterocycles. The Bertz CT molecular complexity index is 502. The topological polar surface area (TPSA) is 32.3 Å². The molecule has 1 aromatic rings. The molecule has 0 aliphatic carbocycles. The highest BCUT2D eigenvalue weighted by atomic mass is 15.2. The molecule has 2 saturated heterocycles. The Morgan fingerprint density at radius 3 is 2.50 bits per heavy atom. The van der Waals surface area contributed by atoms with Gasteiger partial charge in [0.15, 0.2) is 0 Å². The second-order valence-corrected chi connectivity index (χ2v) is 7.46. The number of aryl methyl sites for hydroxylation is 1. The summed E-state index contributed by atoms with van der Waals surface area (Å²) in [6, 6.07) is 2.15. The van der Waals surface area contributed by atoms with Gasteiger partial charge in [-0.15, -0.1) is 0 Å². The van der Waals surface area contributed by atoms with E-state index in [0.29, 0.717) is 0 Å². The molecule has 122 valence electrons. The Labute approximate surface area is 134 Å². The first-order valence-electron chi connectivity index (χ1n) is 8.92. The summed E-state index contributed by atoms with van der Waals surface area (Å²) in [6.07, 6.45) is 5.30. The van der Waals surface area contributed by atoms with E-state index in [9.17, 15) is 0 Å². The maximum absolute atomic E-state index is 4.88. The zero-order valence-corrected chi connectivity index (χ0v) is 14.4. The van der Waals surface area contributed by atoms with Crippen LogP contribution in [-0.4, -0.2) is 41.0 Å². The van der Waals surface area contributed by atoms with Crippen molar-refractivity contribution in [2.45, 2.75) is 53.0 Å². The third kappa shape index (κ3) is 3.97. The number of nitrogens with zero attached hydrogens (tertiary/aromatic N) is 4. The highest BCUT2D eigenvalue weighted by molar-refractivity contribution is 5.40. The fourth-order valence-electron chi connectivity index (χ4n) is 3.87. The number of likely N-dealkylation sites (tertiary alicyclic amines) is 1. The van der Waals surface area contributed by atoms with Crippen LogP contribution in [0.5, 0.6) is 0 Å². The Kier molecular flexibility index (Phi) is 4.97. The first-order valence-corrected chi connectivity index (χ1v) is 8.92. The Balaban J connectivity index is 1.72. The molecule has 2 unspecified atom stereocenters. The molecule has 4 heteroatoms. The maximum atomic E-state index is 4.88. The minimum Gasteiger partial charge on any atom is -0.356 e. The van der Waals surface area contributed by atoms with Crippen molar-refractivity contribution in [1.29, 1.82) is 0 Å². The van der Waals surface area contributed by atoms with Crippen LogP contribution in [0.1, 0.15) is 51.0 Å². The first-order chi connectivity index (χ1) is 10.6. The van der Waals surface area contributed by atoms with E-state index >= 15 is 0 Å². The number of rotatable bonds is 3. The molecule has 2 atom stereocenters. The zero-order chi connectivity index (χ0) is 15.5. The van der Waals surface area contributed by atoms with Crippen LogP contribution < -0.4 is 4.90 Å². The number of piperidine rings is 2. The molecule has 22 heavy (non-hydrogen) atoms. The molecule has 2 aliphatic heterocycles. The molecule has 0 amide bonds. The molecule has 0 saturated carbocycles. The fraction of sp³-hybridized carbons (Fsp3) is 0.778. The Morgan fingerprint density at radius 2 is 1.77 bits per heavy atom. The van der Waals surface area contributed by atoms with Gasteiger partial charge in [-0.2, -0.15) is 0 Å². The van der Waals surface area contributed by atoms with Crippen LogP contribution in [0.25, 0.3) is 0 Å². The lowest BCUT2D eigenvalue weighted by Gasteiger charge is -2.33. The van der Waals surface area contributed by atoms with Crippen molar-refractivity contribution in [3.63, 3.8) is 0 Å². The van der Waals surface area contributed by atoms with Gasteiger partial charge in [-0.25, -0.2) is 9.97 Å². The molecule has 0 N–H and O–H groups in total. The van der Waals surface area contributed by atoms with Gasteiger partial charge in [-0.1, -0.05) is 13.8 Å². The second kappa shape index (κ2) is 6.95. The van der Waals surface area contributed by atoms with E-state index < -0.39 is 0 Å². The smallest absolute Gasteiger partial charge is 0.144 e. The van der Waals surface area contributed by atoms with E-state index in [2.05, 4.69) is 41.6 Å². The molecule has 0 bridgehead atoms. The summed E-state index contributed by atoms with van der Waals surface area (Å²) in [4.78, 5) is 14.5. The molecule has 4 nitrogen and oxygen atoms in total. The van der Waals surface area contributed by atoms with Crippen molar-refractivity contribution in [1.82, 2.24) is 14.9 Å². The standard InChI is InChI=1S/C18H30N4/c1-14-6-4-8-21(11-14)13-17-19-16(3)10-18(20-17)22-9-5-7-15(2)12-22/h10,14-15H,4-9,11-13H2,1-3H3. The van der Waals surface area contributed by atoms with Gasteiger partial charge in [-0.3, -0.25) is 4.90 Å². The van der Waals surface area contributed by atoms with Crippen LogP contribution >= 0.6 is 0 Å². The normalized spacial score (nSPS) is 27.1. The quantitative estimate of drug-likeness (QED) is 0.858. The van der Waals surface area contributed by atoms with Crippen molar-refractivity contribution in [2.75, 3.05) is 31.1 Å². The van der Waals surface area contributed by atoms with Crippen molar-refractivity contribution in [3.05, 3.63) is 17.6 Å². The van der Waals surface area contributed by atoms with Gasteiger partial charge in [0, 0.05) is 31.4 Å². The summed E-state index contributed by atoms with van der Waals surface area (Å²) in [7, 11) is 0. The summed E-state index contributed by atoms with van der Waals surface area (Å²) >= 11 is 0. The molecule has 0 aromatic carbocycles. The largest absolute Gasteiger partial charge is 0.356 e. The van der Waals surface area contributed by atoms with Crippen LogP contribution in [0.3, 0.4) is 0 Å². The SMILES string of the molecule is Cc1cc(N2CCCC(C)C2)nc(CN2CCCC(C)C2)n1. The van der Waals surface area contributed by atoms with Gasteiger partial charge in [-0.05, 0) is 51.0 Å². The Morgan fingerprint density at radius 1 is 1.05 bits per heavy atom. The average Bonchev–Trinajstić information content (AvgIpc) is 2.46. The van der Waals surface area contributed by atoms with Crippen LogP contribution in [0.2, 0.25) is 0 Å². The van der Waals surface area contributed by atoms with Crippen LogP contribution in [0, 0.1) is 18.8 Å². The lowest BCUT2D eigenvalue weighted by molar-refractivity contribution is 0.173. The molecule has 0 spiro atoms. The minimum absolute atomic E-state index is 0.774. The predicted octanol–water partition coefficient (Wildman–Crippen LogP) is 3.25. The number of hydrogen-bond donors (Lipinski definition) is 0. The van der Waals surface area contributed by atoms with Gasteiger partial charge >= 0.3 is 0 Å². The van der Waals surface area contributed by atoms with Crippen molar-refractivity contribution in [2.24, 2.45) is 11.8 Å². The third-order valence-corrected chi connectivity index (χ3v) is 4.97. The monoisotopic (exact) mass is 302 g/mol. The molecule has 2 fully saturated rings. The van der Waals surface area contributed by atoms with Crippen LogP contribution in [0.4, 0.5) is 5.82 Å². The van der Waals surface area contributed by atoms with E-state index in [-0.39, 0.29) is 0 Å². The first kappa shape index (κ1) is 15.7. The van der Waals surface area contributed by atoms with Gasteiger partial charge in [0.25, 0.3) is 0 Å². The van der Waals surface area contributed by atoms with E-state index in [1.165, 1.54) is 38.8 Å². The second-order valence-electron chi connectivity index (χ2n) is 7.46. The van der Waals surface area contributed by atoms with Crippen molar-refractivity contribution >= 4 is 5.82 Å². The van der Waals surface area contributed by atoms with E-state index in [1.807, 2.05) is 0 Å². The number of aromatic nitrogens is 2. The summed E-state index contributed by atoms with van der Waals surface area (Å²) in [5.41, 5.74) is 1.10. The zero-order valence-electron chi connectivity index (χ0n) is 14.4. The highest BCUT2D eigenvalue weighted by Crippen LogP contribution is 2.23. The molecule has 0 radical (unpaired) electrons. The molecule has 1 aromatic heterocycles. The molecule has 2 aliphatic rings. The molecular formula is C18H30N4. The van der Waals surface area contributed by atoms with Gasteiger partial charge < -0.3 is 4.90 Å². The summed E-state index contributed by atoms with van der Waals surface area (Å²) in [5.74, 6) is 3.72. The van der Waals surface area contributed by atoms with E-state index in [4.69, 9.17) is 4.98 Å². The summed E-state index contributed by atoms with van der Waals surface area (Å²) < 4.78 is 0. The fourth-order valence-corrected chi connectivity index (χ4v) is 3.87.